The Hall–Kier alpha value is -3.70. The number of nitriles is 1. The number of hydrogen-bond acceptors (Lipinski definition) is 6. The second kappa shape index (κ2) is 8.20. The molecular formula is C22H18ClFN4O3. The number of nitrogens with one attached hydrogen (secondary N) is 1. The van der Waals surface area contributed by atoms with Crippen LogP contribution < -0.4 is 19.9 Å². The third kappa shape index (κ3) is 3.64. The van der Waals surface area contributed by atoms with Crippen LogP contribution in [0, 0.1) is 24.1 Å². The number of aromatic amines is 1. The van der Waals surface area contributed by atoms with Crippen molar-refractivity contribution in [3.63, 3.8) is 0 Å². The van der Waals surface area contributed by atoms with E-state index in [0.29, 0.717) is 28.3 Å². The van der Waals surface area contributed by atoms with E-state index in [9.17, 15) is 9.65 Å². The van der Waals surface area contributed by atoms with Crippen LogP contribution >= 0.6 is 11.6 Å². The van der Waals surface area contributed by atoms with Crippen LogP contribution in [-0.2, 0) is 6.61 Å². The highest BCUT2D eigenvalue weighted by atomic mass is 35.5. The molecule has 0 aliphatic carbocycles. The van der Waals surface area contributed by atoms with Crippen LogP contribution in [0.2, 0.25) is 5.02 Å². The van der Waals surface area contributed by atoms with Gasteiger partial charge in [0.15, 0.2) is 11.5 Å². The minimum atomic E-state index is -0.556. The van der Waals surface area contributed by atoms with Crippen LogP contribution in [0.3, 0.4) is 0 Å². The molecule has 3 aromatic rings. The number of allylic oxidation sites excluding steroid dienone is 1. The number of halogens is 2. The fourth-order valence-electron chi connectivity index (χ4n) is 3.54. The Bertz CT molecular complexity index is 1230. The molecule has 4 rings (SSSR count). The van der Waals surface area contributed by atoms with E-state index in [2.05, 4.69) is 16.3 Å². The van der Waals surface area contributed by atoms with Crippen LogP contribution in [0.25, 0.3) is 0 Å². The fraction of sp³-hybridized carbons (Fsp3) is 0.182. The number of rotatable bonds is 5. The van der Waals surface area contributed by atoms with Crippen molar-refractivity contribution in [3.05, 3.63) is 81.1 Å². The summed E-state index contributed by atoms with van der Waals surface area (Å²) in [4.78, 5) is 0. The number of H-pyrrole nitrogens is 1. The smallest absolute Gasteiger partial charge is 0.244 e. The zero-order valence-electron chi connectivity index (χ0n) is 16.7. The first-order valence-corrected chi connectivity index (χ1v) is 9.68. The van der Waals surface area contributed by atoms with Crippen LogP contribution in [0.15, 0.2) is 47.9 Å². The quantitative estimate of drug-likeness (QED) is 0.612. The fourth-order valence-corrected chi connectivity index (χ4v) is 3.82. The summed E-state index contributed by atoms with van der Waals surface area (Å²) < 4.78 is 30.7. The molecular weight excluding hydrogens is 423 g/mol. The molecule has 3 N–H and O–H groups in total. The minimum absolute atomic E-state index is 0.0264. The first kappa shape index (κ1) is 20.6. The van der Waals surface area contributed by atoms with Gasteiger partial charge in [0.05, 0.1) is 18.1 Å². The van der Waals surface area contributed by atoms with Gasteiger partial charge in [-0.2, -0.15) is 5.26 Å². The van der Waals surface area contributed by atoms with Crippen molar-refractivity contribution in [3.8, 4) is 23.4 Å². The molecule has 0 saturated heterocycles. The largest absolute Gasteiger partial charge is 0.493 e. The average Bonchev–Trinajstić information content (AvgIpc) is 3.12. The minimum Gasteiger partial charge on any atom is -0.493 e. The molecule has 0 fully saturated rings. The van der Waals surface area contributed by atoms with Crippen molar-refractivity contribution in [2.24, 2.45) is 5.73 Å². The van der Waals surface area contributed by atoms with Gasteiger partial charge in [-0.15, -0.1) is 5.10 Å². The van der Waals surface area contributed by atoms with E-state index < -0.39 is 5.92 Å². The van der Waals surface area contributed by atoms with Gasteiger partial charge in [-0.25, -0.2) is 4.39 Å². The van der Waals surface area contributed by atoms with Gasteiger partial charge in [0.1, 0.15) is 24.1 Å². The zero-order chi connectivity index (χ0) is 22.1. The third-order valence-corrected chi connectivity index (χ3v) is 5.33. The molecule has 158 valence electrons. The lowest BCUT2D eigenvalue weighted by Gasteiger charge is -2.24. The van der Waals surface area contributed by atoms with Gasteiger partial charge >= 0.3 is 0 Å². The van der Waals surface area contributed by atoms with Crippen LogP contribution in [0.5, 0.6) is 17.4 Å². The number of fused-ring (bicyclic) bond motifs is 1. The summed E-state index contributed by atoms with van der Waals surface area (Å²) in [6, 6.07) is 11.8. The van der Waals surface area contributed by atoms with E-state index in [4.69, 9.17) is 31.5 Å². The Labute approximate surface area is 182 Å². The van der Waals surface area contributed by atoms with E-state index in [1.54, 1.807) is 30.3 Å². The molecule has 0 unspecified atom stereocenters. The van der Waals surface area contributed by atoms with Crippen LogP contribution in [-0.4, -0.2) is 17.3 Å². The lowest BCUT2D eigenvalue weighted by atomic mass is 9.84. The van der Waals surface area contributed by atoms with Crippen molar-refractivity contribution >= 4 is 11.6 Å². The second-order valence-corrected chi connectivity index (χ2v) is 7.31. The summed E-state index contributed by atoms with van der Waals surface area (Å²) >= 11 is 6.52. The van der Waals surface area contributed by atoms with Gasteiger partial charge in [0, 0.05) is 16.8 Å². The van der Waals surface area contributed by atoms with Gasteiger partial charge in [-0.05, 0) is 30.7 Å². The van der Waals surface area contributed by atoms with Crippen LogP contribution in [0.1, 0.15) is 28.3 Å². The summed E-state index contributed by atoms with van der Waals surface area (Å²) in [6.45, 7) is 1.80. The number of benzene rings is 2. The molecule has 0 bridgehead atoms. The molecule has 0 radical (unpaired) electrons. The lowest BCUT2D eigenvalue weighted by Crippen LogP contribution is -2.21. The number of aromatic nitrogens is 2. The highest BCUT2D eigenvalue weighted by Gasteiger charge is 2.35. The summed E-state index contributed by atoms with van der Waals surface area (Å²) in [6.07, 6.45) is 0. The molecule has 7 nitrogen and oxygen atoms in total. The molecule has 2 aromatic carbocycles. The number of methoxy groups -OCH3 is 1. The van der Waals surface area contributed by atoms with Crippen molar-refractivity contribution < 1.29 is 18.6 Å². The predicted octanol–water partition coefficient (Wildman–Crippen LogP) is 4.32. The first-order chi connectivity index (χ1) is 14.9. The predicted molar refractivity (Wildman–Crippen MR) is 111 cm³/mol. The Morgan fingerprint density at radius 1 is 1.35 bits per heavy atom. The molecule has 1 aromatic heterocycles. The summed E-state index contributed by atoms with van der Waals surface area (Å²) in [5.74, 6) is -0.0553. The SMILES string of the molecule is COc1cc([C@@H]2C(C#N)=C(N)Oc3n[nH]c(C)c32)cc(Cl)c1OCc1ccccc1F. The summed E-state index contributed by atoms with van der Waals surface area (Å²) in [7, 11) is 1.47. The molecule has 0 spiro atoms. The molecule has 1 aliphatic rings. The Morgan fingerprint density at radius 2 is 2.13 bits per heavy atom. The number of nitrogens with zero attached hydrogens (tertiary/aromatic N) is 2. The highest BCUT2D eigenvalue weighted by Crippen LogP contribution is 2.46. The van der Waals surface area contributed by atoms with Gasteiger partial charge in [0.25, 0.3) is 0 Å². The second-order valence-electron chi connectivity index (χ2n) is 6.91. The van der Waals surface area contributed by atoms with Gasteiger partial charge in [-0.1, -0.05) is 29.8 Å². The van der Waals surface area contributed by atoms with Crippen molar-refractivity contribution in [2.45, 2.75) is 19.4 Å². The first-order valence-electron chi connectivity index (χ1n) is 9.30. The maximum absolute atomic E-state index is 13.9. The Morgan fingerprint density at radius 3 is 2.84 bits per heavy atom. The maximum atomic E-state index is 13.9. The molecule has 9 heteroatoms. The normalized spacial score (nSPS) is 15.1. The number of nitrogens with two attached hydrogens (primary N) is 1. The summed E-state index contributed by atoms with van der Waals surface area (Å²) in [5, 5.41) is 16.9. The standard InChI is InChI=1S/C22H18ClFN4O3/c1-11-18-19(14(9-25)21(26)31-22(18)28-27-11)13-7-15(23)20(17(8-13)29-2)30-10-12-5-3-4-6-16(12)24/h3-8,19H,10,26H2,1-2H3,(H,27,28)/t19-/m1/s1. The van der Waals surface area contributed by atoms with Crippen molar-refractivity contribution in [1.29, 1.82) is 5.26 Å². The topological polar surface area (TPSA) is 106 Å². The van der Waals surface area contributed by atoms with E-state index in [-0.39, 0.29) is 34.7 Å². The molecule has 2 heterocycles. The van der Waals surface area contributed by atoms with Gasteiger partial charge in [0.2, 0.25) is 11.8 Å². The lowest BCUT2D eigenvalue weighted by molar-refractivity contribution is 0.279. The Balaban J connectivity index is 1.75. The number of hydrogen-bond donors (Lipinski definition) is 2. The molecule has 1 atom stereocenters. The molecule has 0 saturated carbocycles. The van der Waals surface area contributed by atoms with Crippen molar-refractivity contribution in [1.82, 2.24) is 10.2 Å². The van der Waals surface area contributed by atoms with E-state index in [1.807, 2.05) is 6.92 Å². The van der Waals surface area contributed by atoms with Crippen LogP contribution in [0.4, 0.5) is 4.39 Å². The molecule has 31 heavy (non-hydrogen) atoms. The zero-order valence-corrected chi connectivity index (χ0v) is 17.5. The molecule has 1 aliphatic heterocycles. The third-order valence-electron chi connectivity index (χ3n) is 5.04. The highest BCUT2D eigenvalue weighted by molar-refractivity contribution is 6.32. The Kier molecular flexibility index (Phi) is 5.44. The maximum Gasteiger partial charge on any atom is 0.244 e. The van der Waals surface area contributed by atoms with E-state index >= 15 is 0 Å². The monoisotopic (exact) mass is 440 g/mol. The van der Waals surface area contributed by atoms with E-state index in [0.717, 1.165) is 5.69 Å². The molecule has 0 amide bonds. The number of aryl methyl sites for hydroxylation is 1. The van der Waals surface area contributed by atoms with Crippen molar-refractivity contribution in [2.75, 3.05) is 7.11 Å². The van der Waals surface area contributed by atoms with E-state index in [1.165, 1.54) is 13.2 Å². The van der Waals surface area contributed by atoms with Gasteiger partial charge in [-0.3, -0.25) is 5.10 Å². The van der Waals surface area contributed by atoms with Gasteiger partial charge < -0.3 is 19.9 Å². The summed E-state index contributed by atoms with van der Waals surface area (Å²) in [5.41, 5.74) is 8.64. The number of ether oxygens (including phenoxy) is 3. The average molecular weight is 441 g/mol.